The molecule has 0 aliphatic carbocycles. The van der Waals surface area contributed by atoms with E-state index in [9.17, 15) is 13.2 Å². The predicted octanol–water partition coefficient (Wildman–Crippen LogP) is 4.04. The molecule has 6 heteroatoms. The lowest BCUT2D eigenvalue weighted by Gasteiger charge is -2.36. The van der Waals surface area contributed by atoms with Gasteiger partial charge in [-0.15, -0.1) is 0 Å². The molecule has 0 saturated carbocycles. The fraction of sp³-hybridized carbons (Fsp3) is 0.650. The number of piperazine rings is 1. The fourth-order valence-corrected chi connectivity index (χ4v) is 3.95. The van der Waals surface area contributed by atoms with Gasteiger partial charge in [-0.25, -0.2) is 0 Å². The van der Waals surface area contributed by atoms with Crippen molar-refractivity contribution < 1.29 is 13.2 Å². The van der Waals surface area contributed by atoms with Crippen LogP contribution in [0.15, 0.2) is 18.2 Å². The highest BCUT2D eigenvalue weighted by molar-refractivity contribution is 5.56. The van der Waals surface area contributed by atoms with E-state index in [0.29, 0.717) is 6.54 Å². The van der Waals surface area contributed by atoms with Crippen molar-refractivity contribution in [3.05, 3.63) is 35.2 Å². The number of anilines is 1. The van der Waals surface area contributed by atoms with Crippen LogP contribution in [0.25, 0.3) is 0 Å². The number of halogens is 3. The largest absolute Gasteiger partial charge is 0.416 e. The Labute approximate surface area is 154 Å². The van der Waals surface area contributed by atoms with Crippen LogP contribution in [0.2, 0.25) is 0 Å². The minimum atomic E-state index is -4.29. The third kappa shape index (κ3) is 4.92. The van der Waals surface area contributed by atoms with Crippen LogP contribution >= 0.6 is 0 Å². The van der Waals surface area contributed by atoms with Gasteiger partial charge in [0.2, 0.25) is 0 Å². The second-order valence-electron chi connectivity index (χ2n) is 7.79. The van der Waals surface area contributed by atoms with Gasteiger partial charge in [0, 0.05) is 58.0 Å². The predicted molar refractivity (Wildman–Crippen MR) is 99.2 cm³/mol. The van der Waals surface area contributed by atoms with Gasteiger partial charge >= 0.3 is 6.18 Å². The number of nitrogens with zero attached hydrogens (tertiary/aromatic N) is 3. The van der Waals surface area contributed by atoms with Gasteiger partial charge in [0.05, 0.1) is 5.56 Å². The highest BCUT2D eigenvalue weighted by Crippen LogP contribution is 2.34. The number of hydrogen-bond acceptors (Lipinski definition) is 3. The Bertz CT molecular complexity index is 586. The van der Waals surface area contributed by atoms with E-state index in [2.05, 4.69) is 28.5 Å². The maximum atomic E-state index is 13.2. The Morgan fingerprint density at radius 1 is 0.923 bits per heavy atom. The Balaban J connectivity index is 1.72. The van der Waals surface area contributed by atoms with Gasteiger partial charge < -0.3 is 9.80 Å². The van der Waals surface area contributed by atoms with E-state index in [-0.39, 0.29) is 0 Å². The molecule has 3 nitrogen and oxygen atoms in total. The summed E-state index contributed by atoms with van der Waals surface area (Å²) >= 11 is 0. The van der Waals surface area contributed by atoms with E-state index < -0.39 is 11.7 Å². The zero-order valence-corrected chi connectivity index (χ0v) is 15.8. The second-order valence-corrected chi connectivity index (χ2v) is 7.79. The molecule has 0 bridgehead atoms. The quantitative estimate of drug-likeness (QED) is 0.777. The molecule has 0 N–H and O–H groups in total. The van der Waals surface area contributed by atoms with Crippen molar-refractivity contribution in [3.8, 4) is 0 Å². The Morgan fingerprint density at radius 3 is 2.12 bits per heavy atom. The zero-order valence-electron chi connectivity index (χ0n) is 15.8. The maximum absolute atomic E-state index is 13.2. The molecule has 1 aromatic rings. The second kappa shape index (κ2) is 8.17. The fourth-order valence-electron chi connectivity index (χ4n) is 3.95. The van der Waals surface area contributed by atoms with Gasteiger partial charge in [-0.2, -0.15) is 13.2 Å². The molecule has 2 saturated heterocycles. The van der Waals surface area contributed by atoms with Gasteiger partial charge in [0.1, 0.15) is 0 Å². The zero-order chi connectivity index (χ0) is 18.7. The molecule has 0 atom stereocenters. The molecule has 145 valence electrons. The molecule has 0 spiro atoms. The average Bonchev–Trinajstić information content (AvgIpc) is 3.09. The monoisotopic (exact) mass is 368 g/mol. The third-order valence-electron chi connectivity index (χ3n) is 5.25. The topological polar surface area (TPSA) is 9.72 Å². The molecule has 0 aromatic heterocycles. The van der Waals surface area contributed by atoms with E-state index in [1.165, 1.54) is 18.1 Å². The summed E-state index contributed by atoms with van der Waals surface area (Å²) < 4.78 is 39.6. The first-order valence-electron chi connectivity index (χ1n) is 9.52. The van der Waals surface area contributed by atoms with Crippen molar-refractivity contribution in [1.29, 1.82) is 0 Å². The lowest BCUT2D eigenvalue weighted by molar-refractivity contribution is -0.137. The molecule has 2 heterocycles. The first kappa shape index (κ1) is 19.5. The molecular weight excluding hydrogens is 339 g/mol. The van der Waals surface area contributed by atoms with Crippen LogP contribution in [0.1, 0.15) is 37.8 Å². The normalized spacial score (nSPS) is 20.3. The molecule has 0 amide bonds. The summed E-state index contributed by atoms with van der Waals surface area (Å²) in [5.41, 5.74) is 1.26. The Morgan fingerprint density at radius 2 is 1.54 bits per heavy atom. The van der Waals surface area contributed by atoms with Crippen LogP contribution in [0, 0.1) is 5.92 Å². The lowest BCUT2D eigenvalue weighted by atomic mass is 10.1. The van der Waals surface area contributed by atoms with Crippen molar-refractivity contribution in [1.82, 2.24) is 9.80 Å². The molecule has 3 rings (SSSR count). The SMILES string of the molecule is C[C](C)CN1CCN(Cc2cc(C(F)(F)F)ccc2N2CCCC2)CC1. The lowest BCUT2D eigenvalue weighted by Crippen LogP contribution is -2.46. The highest BCUT2D eigenvalue weighted by atomic mass is 19.4. The van der Waals surface area contributed by atoms with E-state index in [4.69, 9.17) is 0 Å². The van der Waals surface area contributed by atoms with E-state index >= 15 is 0 Å². The number of benzene rings is 1. The van der Waals surface area contributed by atoms with Crippen molar-refractivity contribution >= 4 is 5.69 Å². The van der Waals surface area contributed by atoms with Crippen molar-refractivity contribution in [2.45, 2.75) is 39.4 Å². The van der Waals surface area contributed by atoms with Gasteiger partial charge in [0.25, 0.3) is 0 Å². The van der Waals surface area contributed by atoms with Crippen molar-refractivity contribution in [2.24, 2.45) is 0 Å². The first-order chi connectivity index (χ1) is 12.3. The summed E-state index contributed by atoms with van der Waals surface area (Å²) in [6, 6.07) is 4.27. The van der Waals surface area contributed by atoms with E-state index in [1.54, 1.807) is 6.07 Å². The minimum Gasteiger partial charge on any atom is -0.371 e. The molecule has 2 aliphatic rings. The van der Waals surface area contributed by atoms with Crippen molar-refractivity contribution in [2.75, 3.05) is 50.7 Å². The number of alkyl halides is 3. The molecule has 2 aliphatic heterocycles. The summed E-state index contributed by atoms with van der Waals surface area (Å²) in [6.45, 7) is 11.5. The van der Waals surface area contributed by atoms with Crippen molar-refractivity contribution in [3.63, 3.8) is 0 Å². The van der Waals surface area contributed by atoms with Gasteiger partial charge in [-0.05, 0) is 42.5 Å². The number of rotatable bonds is 5. The minimum absolute atomic E-state index is 0.537. The van der Waals surface area contributed by atoms with Crippen LogP contribution in [-0.2, 0) is 12.7 Å². The first-order valence-corrected chi connectivity index (χ1v) is 9.52. The van der Waals surface area contributed by atoms with Crippen LogP contribution in [-0.4, -0.2) is 55.6 Å². The Kier molecular flexibility index (Phi) is 6.13. The number of hydrogen-bond donors (Lipinski definition) is 0. The molecule has 0 unspecified atom stereocenters. The summed E-state index contributed by atoms with van der Waals surface area (Å²) in [5, 5.41) is 0. The Hall–Kier alpha value is -1.27. The highest BCUT2D eigenvalue weighted by Gasteiger charge is 2.32. The van der Waals surface area contributed by atoms with E-state index in [0.717, 1.165) is 69.9 Å². The van der Waals surface area contributed by atoms with Gasteiger partial charge in [0.15, 0.2) is 0 Å². The van der Waals surface area contributed by atoms with Gasteiger partial charge in [-0.1, -0.05) is 13.8 Å². The molecule has 1 radical (unpaired) electrons. The van der Waals surface area contributed by atoms with Crippen LogP contribution < -0.4 is 4.90 Å². The van der Waals surface area contributed by atoms with Crippen LogP contribution in [0.5, 0.6) is 0 Å². The summed E-state index contributed by atoms with van der Waals surface area (Å²) in [7, 11) is 0. The van der Waals surface area contributed by atoms with Crippen LogP contribution in [0.3, 0.4) is 0 Å². The third-order valence-corrected chi connectivity index (χ3v) is 5.25. The van der Waals surface area contributed by atoms with Crippen LogP contribution in [0.4, 0.5) is 18.9 Å². The standard InChI is InChI=1S/C20H29F3N3/c1-16(2)14-24-9-11-25(12-10-24)15-17-13-18(20(21,22)23)5-6-19(17)26-7-3-4-8-26/h5-6,13H,3-4,7-12,14-15H2,1-2H3. The maximum Gasteiger partial charge on any atom is 0.416 e. The molecule has 26 heavy (non-hydrogen) atoms. The molecular formula is C20H29F3N3. The summed E-state index contributed by atoms with van der Waals surface area (Å²) in [4.78, 5) is 6.94. The summed E-state index contributed by atoms with van der Waals surface area (Å²) in [5.74, 6) is 1.40. The average molecular weight is 368 g/mol. The molecule has 1 aromatic carbocycles. The molecule has 2 fully saturated rings. The van der Waals surface area contributed by atoms with Gasteiger partial charge in [-0.3, -0.25) is 4.90 Å². The smallest absolute Gasteiger partial charge is 0.371 e. The van der Waals surface area contributed by atoms with E-state index in [1.807, 2.05) is 0 Å². The summed E-state index contributed by atoms with van der Waals surface area (Å²) in [6.07, 6.45) is -2.05.